The summed E-state index contributed by atoms with van der Waals surface area (Å²) in [6.07, 6.45) is -1.09. The van der Waals surface area contributed by atoms with Crippen LogP contribution in [0.3, 0.4) is 0 Å². The van der Waals surface area contributed by atoms with Crippen LogP contribution in [0.15, 0.2) is 54.6 Å². The molecule has 0 radical (unpaired) electrons. The minimum absolute atomic E-state index is 0.00991. The Hall–Kier alpha value is -1.88. The van der Waals surface area contributed by atoms with Crippen molar-refractivity contribution < 1.29 is 14.6 Å². The Kier molecular flexibility index (Phi) is 6.59. The predicted octanol–water partition coefficient (Wildman–Crippen LogP) is 3.27. The molecule has 0 aliphatic heterocycles. The molecule has 0 heterocycles. The molecule has 2 rings (SSSR count). The molecule has 0 saturated carbocycles. The monoisotopic (exact) mass is 333 g/mol. The fraction of sp³-hybridized carbons (Fsp3) is 0.278. The number of carbonyl (C=O) groups excluding carboxylic acids is 1. The second kappa shape index (κ2) is 8.67. The predicted molar refractivity (Wildman–Crippen MR) is 90.2 cm³/mol. The van der Waals surface area contributed by atoms with E-state index in [4.69, 9.17) is 16.3 Å². The van der Waals surface area contributed by atoms with E-state index in [-0.39, 0.29) is 18.4 Å². The number of ether oxygens (including phenoxy) is 1. The van der Waals surface area contributed by atoms with E-state index in [2.05, 4.69) is 5.32 Å². The highest BCUT2D eigenvalue weighted by molar-refractivity contribution is 6.30. The molecule has 1 amide bonds. The number of hydrogen-bond acceptors (Lipinski definition) is 3. The number of methoxy groups -OCH3 is 1. The van der Waals surface area contributed by atoms with Gasteiger partial charge in [-0.1, -0.05) is 54.1 Å². The molecular weight excluding hydrogens is 314 g/mol. The van der Waals surface area contributed by atoms with Crippen molar-refractivity contribution in [2.24, 2.45) is 0 Å². The van der Waals surface area contributed by atoms with Gasteiger partial charge in [0, 0.05) is 18.7 Å². The number of carbonyl (C=O) groups is 1. The average Bonchev–Trinajstić information content (AvgIpc) is 2.56. The Bertz CT molecular complexity index is 633. The summed E-state index contributed by atoms with van der Waals surface area (Å²) in [5.41, 5.74) is 1.62. The smallest absolute Gasteiger partial charge is 0.223 e. The van der Waals surface area contributed by atoms with Crippen molar-refractivity contribution in [3.05, 3.63) is 70.7 Å². The molecule has 0 fully saturated rings. The first-order valence-electron chi connectivity index (χ1n) is 7.38. The minimum Gasteiger partial charge on any atom is -0.388 e. The van der Waals surface area contributed by atoms with Crippen molar-refractivity contribution in [2.75, 3.05) is 13.7 Å². The third kappa shape index (κ3) is 5.36. The Morgan fingerprint density at radius 1 is 1.17 bits per heavy atom. The summed E-state index contributed by atoms with van der Waals surface area (Å²) in [5, 5.41) is 13.5. The van der Waals surface area contributed by atoms with Crippen LogP contribution in [-0.4, -0.2) is 24.7 Å². The molecule has 2 N–H and O–H groups in total. The van der Waals surface area contributed by atoms with Crippen LogP contribution in [0.4, 0.5) is 0 Å². The zero-order chi connectivity index (χ0) is 16.7. The van der Waals surface area contributed by atoms with Crippen molar-refractivity contribution in [3.63, 3.8) is 0 Å². The highest BCUT2D eigenvalue weighted by Crippen LogP contribution is 2.20. The largest absolute Gasteiger partial charge is 0.388 e. The van der Waals surface area contributed by atoms with Crippen LogP contribution < -0.4 is 5.32 Å². The highest BCUT2D eigenvalue weighted by atomic mass is 35.5. The summed E-state index contributed by atoms with van der Waals surface area (Å²) in [6.45, 7) is 0.317. The second-order valence-electron chi connectivity index (χ2n) is 5.21. The average molecular weight is 334 g/mol. The lowest BCUT2D eigenvalue weighted by atomic mass is 10.1. The van der Waals surface area contributed by atoms with Crippen LogP contribution >= 0.6 is 11.6 Å². The number of rotatable bonds is 7. The third-order valence-electron chi connectivity index (χ3n) is 3.55. The van der Waals surface area contributed by atoms with Crippen LogP contribution in [0.5, 0.6) is 0 Å². The Balaban J connectivity index is 1.87. The lowest BCUT2D eigenvalue weighted by Gasteiger charge is -2.17. The van der Waals surface area contributed by atoms with Crippen LogP contribution in [0.25, 0.3) is 0 Å². The Morgan fingerprint density at radius 2 is 1.87 bits per heavy atom. The molecule has 5 heteroatoms. The van der Waals surface area contributed by atoms with Gasteiger partial charge in [0.05, 0.1) is 18.6 Å². The molecule has 0 bridgehead atoms. The molecule has 0 saturated heterocycles. The molecule has 0 aliphatic carbocycles. The minimum atomic E-state index is -0.816. The second-order valence-corrected chi connectivity index (χ2v) is 5.65. The quantitative estimate of drug-likeness (QED) is 0.817. The number of halogens is 1. The fourth-order valence-corrected chi connectivity index (χ4v) is 2.49. The van der Waals surface area contributed by atoms with Gasteiger partial charge in [-0.15, -0.1) is 0 Å². The van der Waals surface area contributed by atoms with Crippen LogP contribution in [-0.2, 0) is 9.53 Å². The van der Waals surface area contributed by atoms with Gasteiger partial charge in [-0.25, -0.2) is 0 Å². The summed E-state index contributed by atoms with van der Waals surface area (Å²) < 4.78 is 5.40. The zero-order valence-corrected chi connectivity index (χ0v) is 13.7. The van der Waals surface area contributed by atoms with Crippen LogP contribution in [0, 0.1) is 0 Å². The van der Waals surface area contributed by atoms with Crippen molar-refractivity contribution >= 4 is 17.5 Å². The van der Waals surface area contributed by atoms with Gasteiger partial charge in [-0.2, -0.15) is 0 Å². The van der Waals surface area contributed by atoms with E-state index in [1.165, 1.54) is 0 Å². The number of aliphatic hydroxyl groups is 1. The molecule has 4 nitrogen and oxygen atoms in total. The van der Waals surface area contributed by atoms with Gasteiger partial charge < -0.3 is 15.2 Å². The Labute approximate surface area is 141 Å². The molecule has 2 aromatic rings. The summed E-state index contributed by atoms with van der Waals surface area (Å²) in [5.74, 6) is -0.231. The van der Waals surface area contributed by atoms with E-state index in [1.54, 1.807) is 31.4 Å². The summed E-state index contributed by atoms with van der Waals surface area (Å²) in [7, 11) is 1.58. The van der Waals surface area contributed by atoms with Crippen LogP contribution in [0.1, 0.15) is 29.8 Å². The molecule has 0 spiro atoms. The first-order valence-corrected chi connectivity index (χ1v) is 7.76. The van der Waals surface area contributed by atoms with Gasteiger partial charge in [0.1, 0.15) is 0 Å². The van der Waals surface area contributed by atoms with Crippen molar-refractivity contribution in [1.82, 2.24) is 5.32 Å². The van der Waals surface area contributed by atoms with Gasteiger partial charge in [-0.05, 0) is 23.3 Å². The lowest BCUT2D eigenvalue weighted by molar-refractivity contribution is -0.123. The van der Waals surface area contributed by atoms with Crippen molar-refractivity contribution in [2.45, 2.75) is 18.6 Å². The summed E-state index contributed by atoms with van der Waals surface area (Å²) in [6, 6.07) is 16.4. The first-order chi connectivity index (χ1) is 11.1. The highest BCUT2D eigenvalue weighted by Gasteiger charge is 2.16. The molecular formula is C18H20ClNO3. The lowest BCUT2D eigenvalue weighted by Crippen LogP contribution is -2.30. The van der Waals surface area contributed by atoms with E-state index in [9.17, 15) is 9.90 Å². The van der Waals surface area contributed by atoms with Gasteiger partial charge in [0.2, 0.25) is 5.91 Å². The standard InChI is InChI=1S/C18H20ClNO3/c1-23-17(14-8-5-9-15(19)10-14)12-20-18(22)11-16(21)13-6-3-2-4-7-13/h2-10,16-17,21H,11-12H2,1H3,(H,20,22). The number of amides is 1. The van der Waals surface area contributed by atoms with Gasteiger partial charge in [0.15, 0.2) is 0 Å². The maximum atomic E-state index is 12.0. The van der Waals surface area contributed by atoms with Crippen molar-refractivity contribution in [1.29, 1.82) is 0 Å². The summed E-state index contributed by atoms with van der Waals surface area (Å²) in [4.78, 5) is 12.0. The fourth-order valence-electron chi connectivity index (χ4n) is 2.29. The normalized spacial score (nSPS) is 13.3. The van der Waals surface area contributed by atoms with Crippen LogP contribution in [0.2, 0.25) is 5.02 Å². The molecule has 122 valence electrons. The maximum absolute atomic E-state index is 12.0. The third-order valence-corrected chi connectivity index (χ3v) is 3.79. The molecule has 2 unspecified atom stereocenters. The topological polar surface area (TPSA) is 58.6 Å². The summed E-state index contributed by atoms with van der Waals surface area (Å²) >= 11 is 5.97. The molecule has 2 aromatic carbocycles. The number of nitrogens with one attached hydrogen (secondary N) is 1. The van der Waals surface area contributed by atoms with Gasteiger partial charge >= 0.3 is 0 Å². The van der Waals surface area contributed by atoms with E-state index < -0.39 is 6.10 Å². The first kappa shape index (κ1) is 17.5. The number of benzene rings is 2. The molecule has 2 atom stereocenters. The van der Waals surface area contributed by atoms with Crippen molar-refractivity contribution in [3.8, 4) is 0 Å². The number of aliphatic hydroxyl groups excluding tert-OH is 1. The van der Waals surface area contributed by atoms with Gasteiger partial charge in [0.25, 0.3) is 0 Å². The van der Waals surface area contributed by atoms with Gasteiger partial charge in [-0.3, -0.25) is 4.79 Å². The maximum Gasteiger partial charge on any atom is 0.223 e. The number of hydrogen-bond donors (Lipinski definition) is 2. The zero-order valence-electron chi connectivity index (χ0n) is 12.9. The van der Waals surface area contributed by atoms with E-state index in [0.717, 1.165) is 11.1 Å². The molecule has 0 aliphatic rings. The Morgan fingerprint density at radius 3 is 2.52 bits per heavy atom. The molecule has 0 aromatic heterocycles. The SMILES string of the molecule is COC(CNC(=O)CC(O)c1ccccc1)c1cccc(Cl)c1. The van der Waals surface area contributed by atoms with E-state index >= 15 is 0 Å². The van der Waals surface area contributed by atoms with E-state index in [0.29, 0.717) is 11.6 Å². The van der Waals surface area contributed by atoms with E-state index in [1.807, 2.05) is 30.3 Å². The molecule has 23 heavy (non-hydrogen) atoms.